The van der Waals surface area contributed by atoms with Gasteiger partial charge in [0.25, 0.3) is 0 Å². The largest absolute Gasteiger partial charge is 0.485 e. The van der Waals surface area contributed by atoms with Gasteiger partial charge in [-0.2, -0.15) is 0 Å². The second-order valence-corrected chi connectivity index (χ2v) is 3.85. The minimum Gasteiger partial charge on any atom is -0.485 e. The van der Waals surface area contributed by atoms with Crippen molar-refractivity contribution in [3.63, 3.8) is 0 Å². The summed E-state index contributed by atoms with van der Waals surface area (Å²) in [6, 6.07) is 2.49. The van der Waals surface area contributed by atoms with Gasteiger partial charge in [0.05, 0.1) is 19.8 Å². The molecule has 0 saturated heterocycles. The molecule has 0 aliphatic rings. The molecule has 1 aromatic rings. The first-order valence-corrected chi connectivity index (χ1v) is 6.19. The van der Waals surface area contributed by atoms with Crippen LogP contribution in [0.5, 0.6) is 5.75 Å². The number of benzene rings is 1. The molecule has 0 fully saturated rings. The van der Waals surface area contributed by atoms with Crippen LogP contribution in [0.1, 0.15) is 12.5 Å². The van der Waals surface area contributed by atoms with Crippen molar-refractivity contribution in [1.29, 1.82) is 0 Å². The molecule has 0 spiro atoms. The van der Waals surface area contributed by atoms with Crippen LogP contribution in [0.2, 0.25) is 0 Å². The molecule has 0 radical (unpaired) electrons. The van der Waals surface area contributed by atoms with Gasteiger partial charge in [0.15, 0.2) is 17.4 Å². The molecule has 0 heterocycles. The van der Waals surface area contributed by atoms with Gasteiger partial charge >= 0.3 is 0 Å². The topological polar surface area (TPSA) is 50.7 Å². The lowest BCUT2D eigenvalue weighted by Gasteiger charge is -2.10. The van der Waals surface area contributed by atoms with Crippen molar-refractivity contribution in [3.05, 3.63) is 29.3 Å². The molecule has 0 atom stereocenters. The number of nitrogens with one attached hydrogen (secondary N) is 1. The Morgan fingerprint density at radius 1 is 1.16 bits per heavy atom. The fraction of sp³-hybridized carbons (Fsp3) is 0.538. The molecular formula is C13H19F2NO3. The Morgan fingerprint density at radius 3 is 2.42 bits per heavy atom. The second-order valence-electron chi connectivity index (χ2n) is 3.85. The second kappa shape index (κ2) is 8.79. The molecule has 0 aliphatic carbocycles. The normalized spacial score (nSPS) is 10.7. The predicted molar refractivity (Wildman–Crippen MR) is 67.1 cm³/mol. The maximum atomic E-state index is 13.6. The molecule has 108 valence electrons. The van der Waals surface area contributed by atoms with Gasteiger partial charge in [0.1, 0.15) is 6.61 Å². The molecular weight excluding hydrogens is 256 g/mol. The Labute approximate surface area is 111 Å². The molecule has 0 aliphatic heterocycles. The summed E-state index contributed by atoms with van der Waals surface area (Å²) in [5.41, 5.74) is 0.528. The van der Waals surface area contributed by atoms with Crippen molar-refractivity contribution in [2.24, 2.45) is 0 Å². The Balaban J connectivity index is 2.53. The van der Waals surface area contributed by atoms with Crippen LogP contribution in [0.15, 0.2) is 12.1 Å². The van der Waals surface area contributed by atoms with E-state index in [0.29, 0.717) is 12.1 Å². The van der Waals surface area contributed by atoms with E-state index in [2.05, 4.69) is 5.32 Å². The summed E-state index contributed by atoms with van der Waals surface area (Å²) in [7, 11) is 0. The van der Waals surface area contributed by atoms with Gasteiger partial charge in [0.2, 0.25) is 0 Å². The lowest BCUT2D eigenvalue weighted by atomic mass is 10.2. The first-order chi connectivity index (χ1) is 9.19. The zero-order chi connectivity index (χ0) is 14.1. The molecule has 6 heteroatoms. The van der Waals surface area contributed by atoms with Crippen molar-refractivity contribution in [2.45, 2.75) is 13.5 Å². The summed E-state index contributed by atoms with van der Waals surface area (Å²) < 4.78 is 37.2. The number of hydrogen-bond acceptors (Lipinski definition) is 4. The zero-order valence-electron chi connectivity index (χ0n) is 10.9. The molecule has 0 unspecified atom stereocenters. The standard InChI is InChI=1S/C13H19F2NO3/c1-2-16-9-10-7-11(14)13(12(15)8-10)19-6-5-18-4-3-17/h7-8,16-17H,2-6,9H2,1H3. The van der Waals surface area contributed by atoms with E-state index in [9.17, 15) is 8.78 Å². The van der Waals surface area contributed by atoms with Crippen LogP contribution in [0.3, 0.4) is 0 Å². The van der Waals surface area contributed by atoms with Crippen molar-refractivity contribution >= 4 is 0 Å². The van der Waals surface area contributed by atoms with Gasteiger partial charge in [-0.3, -0.25) is 0 Å². The summed E-state index contributed by atoms with van der Waals surface area (Å²) in [5.74, 6) is -1.85. The van der Waals surface area contributed by atoms with Crippen molar-refractivity contribution in [2.75, 3.05) is 33.0 Å². The van der Waals surface area contributed by atoms with Gasteiger partial charge in [-0.05, 0) is 24.2 Å². The van der Waals surface area contributed by atoms with E-state index >= 15 is 0 Å². The average molecular weight is 275 g/mol. The van der Waals surface area contributed by atoms with E-state index in [1.165, 1.54) is 12.1 Å². The van der Waals surface area contributed by atoms with Crippen molar-refractivity contribution in [3.8, 4) is 5.75 Å². The molecule has 4 nitrogen and oxygen atoms in total. The molecule has 19 heavy (non-hydrogen) atoms. The van der Waals surface area contributed by atoms with Gasteiger partial charge < -0.3 is 19.9 Å². The molecule has 0 amide bonds. The maximum Gasteiger partial charge on any atom is 0.190 e. The van der Waals surface area contributed by atoms with E-state index < -0.39 is 17.4 Å². The monoisotopic (exact) mass is 275 g/mol. The Morgan fingerprint density at radius 2 is 1.84 bits per heavy atom. The Hall–Kier alpha value is -1.24. The highest BCUT2D eigenvalue weighted by Gasteiger charge is 2.12. The number of aliphatic hydroxyl groups is 1. The Kier molecular flexibility index (Phi) is 7.32. The van der Waals surface area contributed by atoms with Crippen LogP contribution in [0.4, 0.5) is 8.78 Å². The molecule has 1 aromatic carbocycles. The quantitative estimate of drug-likeness (QED) is 0.670. The minimum absolute atomic E-state index is 0.0282. The first kappa shape index (κ1) is 15.8. The SMILES string of the molecule is CCNCc1cc(F)c(OCCOCCO)c(F)c1. The smallest absolute Gasteiger partial charge is 0.190 e. The predicted octanol–water partition coefficient (Wildman–Crippen LogP) is 1.46. The van der Waals surface area contributed by atoms with Crippen LogP contribution in [0, 0.1) is 11.6 Å². The number of halogens is 2. The van der Waals surface area contributed by atoms with Crippen LogP contribution >= 0.6 is 0 Å². The van der Waals surface area contributed by atoms with E-state index in [1.807, 2.05) is 6.92 Å². The zero-order valence-corrected chi connectivity index (χ0v) is 10.9. The highest BCUT2D eigenvalue weighted by atomic mass is 19.1. The minimum atomic E-state index is -0.727. The molecule has 2 N–H and O–H groups in total. The third kappa shape index (κ3) is 5.50. The third-order valence-electron chi connectivity index (χ3n) is 2.35. The van der Waals surface area contributed by atoms with E-state index in [0.717, 1.165) is 6.54 Å². The number of rotatable bonds is 9. The average Bonchev–Trinajstić information content (AvgIpc) is 2.38. The summed E-state index contributed by atoms with van der Waals surface area (Å²) in [4.78, 5) is 0. The molecule has 0 bridgehead atoms. The van der Waals surface area contributed by atoms with Gasteiger partial charge in [-0.25, -0.2) is 8.78 Å². The highest BCUT2D eigenvalue weighted by Crippen LogP contribution is 2.23. The highest BCUT2D eigenvalue weighted by molar-refractivity contribution is 5.31. The van der Waals surface area contributed by atoms with E-state index in [4.69, 9.17) is 14.6 Å². The van der Waals surface area contributed by atoms with Crippen molar-refractivity contribution < 1.29 is 23.4 Å². The van der Waals surface area contributed by atoms with Crippen LogP contribution in [-0.4, -0.2) is 38.1 Å². The number of aliphatic hydroxyl groups excluding tert-OH is 1. The van der Waals surface area contributed by atoms with E-state index in [1.54, 1.807) is 0 Å². The van der Waals surface area contributed by atoms with Crippen LogP contribution < -0.4 is 10.1 Å². The fourth-order valence-electron chi connectivity index (χ4n) is 1.49. The van der Waals surface area contributed by atoms with Crippen LogP contribution in [0.25, 0.3) is 0 Å². The van der Waals surface area contributed by atoms with E-state index in [-0.39, 0.29) is 26.4 Å². The van der Waals surface area contributed by atoms with Gasteiger partial charge in [-0.1, -0.05) is 6.92 Å². The third-order valence-corrected chi connectivity index (χ3v) is 2.35. The molecule has 1 rings (SSSR count). The summed E-state index contributed by atoms with van der Waals surface area (Å²) >= 11 is 0. The van der Waals surface area contributed by atoms with Gasteiger partial charge in [-0.15, -0.1) is 0 Å². The Bertz CT molecular complexity index is 365. The molecule has 0 saturated carbocycles. The summed E-state index contributed by atoms with van der Waals surface area (Å²) in [6.45, 7) is 3.32. The lowest BCUT2D eigenvalue weighted by molar-refractivity contribution is 0.0686. The maximum absolute atomic E-state index is 13.6. The number of ether oxygens (including phenoxy) is 2. The summed E-state index contributed by atoms with van der Waals surface area (Å²) in [5, 5.41) is 11.5. The molecule has 0 aromatic heterocycles. The lowest BCUT2D eigenvalue weighted by Crippen LogP contribution is -2.13. The van der Waals surface area contributed by atoms with Crippen LogP contribution in [-0.2, 0) is 11.3 Å². The number of hydrogen-bond donors (Lipinski definition) is 2. The van der Waals surface area contributed by atoms with Crippen molar-refractivity contribution in [1.82, 2.24) is 5.32 Å². The first-order valence-electron chi connectivity index (χ1n) is 6.19. The fourth-order valence-corrected chi connectivity index (χ4v) is 1.49. The summed E-state index contributed by atoms with van der Waals surface area (Å²) in [6.07, 6.45) is 0. The van der Waals surface area contributed by atoms with Gasteiger partial charge in [0, 0.05) is 6.54 Å².